The summed E-state index contributed by atoms with van der Waals surface area (Å²) in [5, 5.41) is 29.6. The molecule has 0 bridgehead atoms. The Hall–Kier alpha value is -3.59. The van der Waals surface area contributed by atoms with E-state index in [4.69, 9.17) is 4.74 Å². The molecule has 0 spiro atoms. The molecule has 39 heavy (non-hydrogen) atoms. The number of carbonyl (C=O) groups is 1. The van der Waals surface area contributed by atoms with Gasteiger partial charge in [0, 0.05) is 31.9 Å². The summed E-state index contributed by atoms with van der Waals surface area (Å²) in [6.45, 7) is 6.94. The molecular weight excluding hydrogens is 501 g/mol. The number of halogens is 1. The number of fused-ring (bicyclic) bond motifs is 1. The summed E-state index contributed by atoms with van der Waals surface area (Å²) in [6, 6.07) is 9.58. The third-order valence-corrected chi connectivity index (χ3v) is 7.46. The molecule has 2 aliphatic rings. The summed E-state index contributed by atoms with van der Waals surface area (Å²) in [4.78, 5) is 20.0. The van der Waals surface area contributed by atoms with Crippen molar-refractivity contribution in [2.24, 2.45) is 5.92 Å². The normalized spacial score (nSPS) is 20.7. The van der Waals surface area contributed by atoms with Gasteiger partial charge in [0.2, 0.25) is 0 Å². The molecule has 0 unspecified atom stereocenters. The number of carbonyl (C=O) groups excluding carboxylic acids is 1. The van der Waals surface area contributed by atoms with Gasteiger partial charge in [0.15, 0.2) is 0 Å². The topological polar surface area (TPSA) is 128 Å². The molecule has 2 fully saturated rings. The number of rotatable bonds is 9. The fourth-order valence-electron chi connectivity index (χ4n) is 5.05. The lowest BCUT2D eigenvalue weighted by molar-refractivity contribution is -0.00177. The lowest BCUT2D eigenvalue weighted by atomic mass is 9.79. The van der Waals surface area contributed by atoms with Crippen molar-refractivity contribution in [2.45, 2.75) is 44.5 Å². The fourth-order valence-corrected chi connectivity index (χ4v) is 5.05. The highest BCUT2D eigenvalue weighted by Gasteiger charge is 2.32. The van der Waals surface area contributed by atoms with E-state index in [1.807, 2.05) is 18.2 Å². The number of nitrogens with one attached hydrogen (secondary N) is 2. The van der Waals surface area contributed by atoms with Crippen LogP contribution in [-0.2, 0) is 4.74 Å². The van der Waals surface area contributed by atoms with Gasteiger partial charge >= 0.3 is 0 Å². The van der Waals surface area contributed by atoms with Crippen molar-refractivity contribution >= 4 is 17.1 Å². The summed E-state index contributed by atoms with van der Waals surface area (Å²) in [6.07, 6.45) is 3.32. The van der Waals surface area contributed by atoms with E-state index < -0.39 is 17.7 Å². The second-order valence-corrected chi connectivity index (χ2v) is 10.9. The van der Waals surface area contributed by atoms with Crippen molar-refractivity contribution in [3.05, 3.63) is 47.8 Å². The average molecular weight is 536 g/mol. The van der Waals surface area contributed by atoms with Crippen LogP contribution < -0.4 is 10.6 Å². The number of hydrogen-bond acceptors (Lipinski definition) is 8. The van der Waals surface area contributed by atoms with E-state index in [1.54, 1.807) is 10.6 Å². The van der Waals surface area contributed by atoms with Crippen molar-refractivity contribution in [3.8, 4) is 17.5 Å². The standard InChI is InChI=1S/C28H34FN7O3/c1-28(2,38)26(29)16-32-27(37)22-15-31-24(25-4-3-21-11-19(13-30)14-33-36(21)25)12-23(22)34-20-9-18(10-20)17-35-5-7-39-8-6-35/h3-4,11-12,14-15,18,20,26,38H,5-10,16-17H2,1-2H3,(H,31,34)(H,32,37)/t18?,20?,26-/m1/s1. The number of hydrogen-bond donors (Lipinski definition) is 3. The van der Waals surface area contributed by atoms with Crippen LogP contribution in [0.25, 0.3) is 16.9 Å². The van der Waals surface area contributed by atoms with Crippen LogP contribution in [0.2, 0.25) is 0 Å². The quantitative estimate of drug-likeness (QED) is 0.382. The van der Waals surface area contributed by atoms with Crippen LogP contribution in [-0.4, -0.2) is 87.7 Å². The van der Waals surface area contributed by atoms with E-state index in [9.17, 15) is 19.6 Å². The van der Waals surface area contributed by atoms with Crippen LogP contribution >= 0.6 is 0 Å². The molecule has 5 rings (SSSR count). The number of nitriles is 1. The Balaban J connectivity index is 1.35. The van der Waals surface area contributed by atoms with Gasteiger partial charge in [-0.05, 0) is 56.9 Å². The zero-order valence-electron chi connectivity index (χ0n) is 22.2. The first kappa shape index (κ1) is 27.0. The van der Waals surface area contributed by atoms with Gasteiger partial charge in [-0.2, -0.15) is 10.4 Å². The number of ether oxygens (including phenoxy) is 1. The fraction of sp³-hybridized carbons (Fsp3) is 0.500. The summed E-state index contributed by atoms with van der Waals surface area (Å²) in [7, 11) is 0. The Morgan fingerprint density at radius 1 is 1.28 bits per heavy atom. The summed E-state index contributed by atoms with van der Waals surface area (Å²) in [5.41, 5.74) is 1.89. The molecule has 1 aliphatic heterocycles. The van der Waals surface area contributed by atoms with Gasteiger partial charge in [0.05, 0.1) is 65.3 Å². The monoisotopic (exact) mass is 535 g/mol. The van der Waals surface area contributed by atoms with Gasteiger partial charge in [0.1, 0.15) is 12.2 Å². The molecule has 3 N–H and O–H groups in total. The van der Waals surface area contributed by atoms with E-state index >= 15 is 0 Å². The van der Waals surface area contributed by atoms with Crippen LogP contribution in [0.3, 0.4) is 0 Å². The lowest BCUT2D eigenvalue weighted by Crippen LogP contribution is -2.45. The number of amides is 1. The number of alkyl halides is 1. The Bertz CT molecular complexity index is 1370. The molecule has 0 radical (unpaired) electrons. The first-order chi connectivity index (χ1) is 18.7. The number of aromatic nitrogens is 3. The van der Waals surface area contributed by atoms with Crippen LogP contribution in [0.4, 0.5) is 10.1 Å². The molecule has 4 heterocycles. The van der Waals surface area contributed by atoms with Crippen LogP contribution in [0, 0.1) is 17.2 Å². The van der Waals surface area contributed by atoms with Gasteiger partial charge in [-0.15, -0.1) is 0 Å². The maximum atomic E-state index is 14.3. The van der Waals surface area contributed by atoms with Gasteiger partial charge in [0.25, 0.3) is 5.91 Å². The third-order valence-electron chi connectivity index (χ3n) is 7.46. The van der Waals surface area contributed by atoms with Gasteiger partial charge in [-0.25, -0.2) is 8.91 Å². The summed E-state index contributed by atoms with van der Waals surface area (Å²) >= 11 is 0. The van der Waals surface area contributed by atoms with Crippen molar-refractivity contribution in [2.75, 3.05) is 44.7 Å². The second kappa shape index (κ2) is 11.3. The molecule has 3 aromatic rings. The molecular formula is C28H34FN7O3. The molecule has 1 saturated carbocycles. The zero-order chi connectivity index (χ0) is 27.6. The van der Waals surface area contributed by atoms with Gasteiger partial charge in [-0.1, -0.05) is 0 Å². The second-order valence-electron chi connectivity index (χ2n) is 10.9. The summed E-state index contributed by atoms with van der Waals surface area (Å²) < 4.78 is 21.5. The Labute approximate surface area is 226 Å². The molecule has 10 nitrogen and oxygen atoms in total. The number of anilines is 1. The van der Waals surface area contributed by atoms with E-state index in [1.165, 1.54) is 26.2 Å². The molecule has 0 aromatic carbocycles. The van der Waals surface area contributed by atoms with Crippen LogP contribution in [0.15, 0.2) is 36.7 Å². The van der Waals surface area contributed by atoms with Crippen LogP contribution in [0.5, 0.6) is 0 Å². The zero-order valence-corrected chi connectivity index (χ0v) is 22.2. The first-order valence-electron chi connectivity index (χ1n) is 13.3. The van der Waals surface area contributed by atoms with Crippen LogP contribution in [0.1, 0.15) is 42.6 Å². The minimum Gasteiger partial charge on any atom is -0.387 e. The minimum absolute atomic E-state index is 0.198. The highest BCUT2D eigenvalue weighted by atomic mass is 19.1. The maximum Gasteiger partial charge on any atom is 0.255 e. The Morgan fingerprint density at radius 3 is 2.77 bits per heavy atom. The Morgan fingerprint density at radius 2 is 2.05 bits per heavy atom. The molecule has 1 saturated heterocycles. The van der Waals surface area contributed by atoms with Gasteiger partial charge in [-0.3, -0.25) is 14.7 Å². The minimum atomic E-state index is -1.62. The van der Waals surface area contributed by atoms with Crippen molar-refractivity contribution < 1.29 is 19.0 Å². The summed E-state index contributed by atoms with van der Waals surface area (Å²) in [5.74, 6) is 0.107. The SMILES string of the molecule is CC(C)(O)[C@H](F)CNC(=O)c1cnc(-c2ccc3cc(C#N)cnn23)cc1NC1CC(CN2CCOCC2)C1. The maximum absolute atomic E-state index is 14.3. The lowest BCUT2D eigenvalue weighted by Gasteiger charge is -2.40. The van der Waals surface area contributed by atoms with Crippen molar-refractivity contribution in [1.29, 1.82) is 5.26 Å². The molecule has 3 aromatic heterocycles. The third kappa shape index (κ3) is 6.19. The number of aliphatic hydroxyl groups is 1. The first-order valence-corrected chi connectivity index (χ1v) is 13.3. The van der Waals surface area contributed by atoms with Crippen molar-refractivity contribution in [1.82, 2.24) is 24.8 Å². The van der Waals surface area contributed by atoms with E-state index in [0.29, 0.717) is 34.1 Å². The van der Waals surface area contributed by atoms with E-state index in [0.717, 1.165) is 51.2 Å². The van der Waals surface area contributed by atoms with Gasteiger partial charge < -0.3 is 20.5 Å². The smallest absolute Gasteiger partial charge is 0.255 e. The van der Waals surface area contributed by atoms with E-state index in [-0.39, 0.29) is 12.6 Å². The average Bonchev–Trinajstić information content (AvgIpc) is 3.33. The highest BCUT2D eigenvalue weighted by Crippen LogP contribution is 2.33. The number of pyridine rings is 1. The largest absolute Gasteiger partial charge is 0.387 e. The van der Waals surface area contributed by atoms with Crippen molar-refractivity contribution in [3.63, 3.8) is 0 Å². The molecule has 11 heteroatoms. The number of morpholine rings is 1. The predicted octanol–water partition coefficient (Wildman–Crippen LogP) is 2.63. The molecule has 1 aliphatic carbocycles. The van der Waals surface area contributed by atoms with E-state index in [2.05, 4.69) is 31.7 Å². The molecule has 1 amide bonds. The highest BCUT2D eigenvalue weighted by molar-refractivity contribution is 6.00. The predicted molar refractivity (Wildman–Crippen MR) is 144 cm³/mol. The Kier molecular flexibility index (Phi) is 7.79. The number of nitrogens with zero attached hydrogens (tertiary/aromatic N) is 5. The molecule has 206 valence electrons. The molecule has 1 atom stereocenters.